The molecule has 1 fully saturated rings. The average molecular weight is 203 g/mol. The van der Waals surface area contributed by atoms with E-state index >= 15 is 0 Å². The van der Waals surface area contributed by atoms with E-state index in [9.17, 15) is 4.79 Å². The van der Waals surface area contributed by atoms with Gasteiger partial charge in [0.25, 0.3) is 0 Å². The molecule has 2 N–H and O–H groups in total. The maximum absolute atomic E-state index is 11.9. The molecule has 1 atom stereocenters. The minimum atomic E-state index is -0.292. The molecule has 0 aromatic heterocycles. The zero-order valence-corrected chi connectivity index (χ0v) is 9.34. The first-order valence-electron chi connectivity index (χ1n) is 5.44. The highest BCUT2D eigenvalue weighted by Crippen LogP contribution is 2.40. The van der Waals surface area contributed by atoms with Crippen molar-refractivity contribution >= 4 is 11.5 Å². The van der Waals surface area contributed by atoms with Gasteiger partial charge in [-0.05, 0) is 43.9 Å². The zero-order valence-electron chi connectivity index (χ0n) is 9.34. The number of carbonyl (C=O) groups excluding carboxylic acids is 1. The van der Waals surface area contributed by atoms with Crippen LogP contribution in [0.3, 0.4) is 0 Å². The lowest BCUT2D eigenvalue weighted by Gasteiger charge is -2.25. The average Bonchev–Trinajstić information content (AvgIpc) is 2.53. The second kappa shape index (κ2) is 3.37. The van der Waals surface area contributed by atoms with Crippen LogP contribution in [0.1, 0.15) is 37.3 Å². The van der Waals surface area contributed by atoms with Crippen LogP contribution < -0.4 is 5.73 Å². The van der Waals surface area contributed by atoms with Gasteiger partial charge in [0.1, 0.15) is 5.78 Å². The monoisotopic (exact) mass is 203 g/mol. The first-order chi connectivity index (χ1) is 7.05. The Bertz CT molecular complexity index is 411. The van der Waals surface area contributed by atoms with Crippen molar-refractivity contribution in [1.29, 1.82) is 0 Å². The number of ketones is 1. The largest absolute Gasteiger partial charge is 0.399 e. The Morgan fingerprint density at radius 2 is 2.13 bits per heavy atom. The van der Waals surface area contributed by atoms with Crippen LogP contribution in [0, 0.1) is 6.92 Å². The van der Waals surface area contributed by atoms with Crippen LogP contribution in [-0.4, -0.2) is 5.78 Å². The fourth-order valence-electron chi connectivity index (χ4n) is 2.55. The number of benzene rings is 1. The van der Waals surface area contributed by atoms with E-state index in [4.69, 9.17) is 5.73 Å². The molecule has 1 unspecified atom stereocenters. The van der Waals surface area contributed by atoms with Crippen molar-refractivity contribution in [1.82, 2.24) is 0 Å². The number of nitrogen functional groups attached to an aromatic ring is 1. The number of nitrogens with two attached hydrogens (primary N) is 1. The standard InChI is InChI=1S/C13H17NO/c1-9-10(5-3-6-11(9)14)13(2)8-4-7-12(13)15/h3,5-6H,4,7-8,14H2,1-2H3. The summed E-state index contributed by atoms with van der Waals surface area (Å²) in [7, 11) is 0. The van der Waals surface area contributed by atoms with Crippen molar-refractivity contribution in [3.8, 4) is 0 Å². The van der Waals surface area contributed by atoms with Crippen LogP contribution in [0.2, 0.25) is 0 Å². The molecule has 1 aliphatic rings. The molecule has 0 bridgehead atoms. The smallest absolute Gasteiger partial charge is 0.143 e. The molecule has 1 aromatic carbocycles. The Hall–Kier alpha value is -1.31. The normalized spacial score (nSPS) is 25.9. The van der Waals surface area contributed by atoms with Crippen LogP contribution in [0.15, 0.2) is 18.2 Å². The van der Waals surface area contributed by atoms with Crippen LogP contribution in [0.4, 0.5) is 5.69 Å². The Kier molecular flexibility index (Phi) is 2.29. The summed E-state index contributed by atoms with van der Waals surface area (Å²) in [5.41, 5.74) is 8.56. The predicted molar refractivity (Wildman–Crippen MR) is 61.8 cm³/mol. The topological polar surface area (TPSA) is 43.1 Å². The van der Waals surface area contributed by atoms with Gasteiger partial charge in [0.05, 0.1) is 5.41 Å². The molecule has 0 saturated heterocycles. The third-order valence-electron chi connectivity index (χ3n) is 3.67. The van der Waals surface area contributed by atoms with Gasteiger partial charge in [-0.1, -0.05) is 12.1 Å². The molecule has 0 amide bonds. The van der Waals surface area contributed by atoms with Crippen molar-refractivity contribution in [3.05, 3.63) is 29.3 Å². The van der Waals surface area contributed by atoms with Gasteiger partial charge in [-0.2, -0.15) is 0 Å². The van der Waals surface area contributed by atoms with Crippen LogP contribution >= 0.6 is 0 Å². The first-order valence-corrected chi connectivity index (χ1v) is 5.44. The third kappa shape index (κ3) is 1.44. The molecule has 0 heterocycles. The van der Waals surface area contributed by atoms with Gasteiger partial charge >= 0.3 is 0 Å². The lowest BCUT2D eigenvalue weighted by Crippen LogP contribution is -2.27. The SMILES string of the molecule is Cc1c(N)cccc1C1(C)CCCC1=O. The van der Waals surface area contributed by atoms with Crippen LogP contribution in [-0.2, 0) is 10.2 Å². The summed E-state index contributed by atoms with van der Waals surface area (Å²) in [6.07, 6.45) is 2.67. The lowest BCUT2D eigenvalue weighted by atomic mass is 9.78. The fourth-order valence-corrected chi connectivity index (χ4v) is 2.55. The number of rotatable bonds is 1. The molecular weight excluding hydrogens is 186 g/mol. The van der Waals surface area contributed by atoms with Crippen molar-refractivity contribution in [2.45, 2.75) is 38.5 Å². The molecule has 1 aromatic rings. The molecule has 0 spiro atoms. The highest BCUT2D eigenvalue weighted by atomic mass is 16.1. The lowest BCUT2D eigenvalue weighted by molar-refractivity contribution is -0.121. The molecular formula is C13H17NO. The summed E-state index contributed by atoms with van der Waals surface area (Å²) in [6, 6.07) is 5.87. The second-order valence-corrected chi connectivity index (χ2v) is 4.63. The molecule has 0 aliphatic heterocycles. The Morgan fingerprint density at radius 3 is 2.73 bits per heavy atom. The highest BCUT2D eigenvalue weighted by molar-refractivity contribution is 5.92. The number of anilines is 1. The van der Waals surface area contributed by atoms with Gasteiger partial charge in [0.15, 0.2) is 0 Å². The van der Waals surface area contributed by atoms with E-state index in [-0.39, 0.29) is 5.41 Å². The highest BCUT2D eigenvalue weighted by Gasteiger charge is 2.39. The summed E-state index contributed by atoms with van der Waals surface area (Å²) in [4.78, 5) is 11.9. The quantitative estimate of drug-likeness (QED) is 0.713. The summed E-state index contributed by atoms with van der Waals surface area (Å²) in [6.45, 7) is 4.05. The molecule has 1 aliphatic carbocycles. The van der Waals surface area contributed by atoms with Crippen molar-refractivity contribution in [2.75, 3.05) is 5.73 Å². The van der Waals surface area contributed by atoms with Crippen molar-refractivity contribution in [3.63, 3.8) is 0 Å². The summed E-state index contributed by atoms with van der Waals surface area (Å²) < 4.78 is 0. The van der Waals surface area contributed by atoms with E-state index in [2.05, 4.69) is 0 Å². The van der Waals surface area contributed by atoms with Gasteiger partial charge in [-0.25, -0.2) is 0 Å². The van der Waals surface area contributed by atoms with E-state index in [1.807, 2.05) is 32.0 Å². The minimum absolute atomic E-state index is 0.292. The summed E-state index contributed by atoms with van der Waals surface area (Å²) >= 11 is 0. The molecule has 1 saturated carbocycles. The minimum Gasteiger partial charge on any atom is -0.399 e. The van der Waals surface area contributed by atoms with Crippen LogP contribution in [0.5, 0.6) is 0 Å². The predicted octanol–water partition coefficient (Wildman–Crippen LogP) is 2.59. The number of carbonyl (C=O) groups is 1. The Balaban J connectivity index is 2.54. The van der Waals surface area contributed by atoms with Gasteiger partial charge in [-0.3, -0.25) is 4.79 Å². The molecule has 2 heteroatoms. The third-order valence-corrected chi connectivity index (χ3v) is 3.67. The second-order valence-electron chi connectivity index (χ2n) is 4.63. The van der Waals surface area contributed by atoms with Gasteiger partial charge in [-0.15, -0.1) is 0 Å². The van der Waals surface area contributed by atoms with Gasteiger partial charge in [0.2, 0.25) is 0 Å². The van der Waals surface area contributed by atoms with Crippen molar-refractivity contribution in [2.24, 2.45) is 0 Å². The maximum atomic E-state index is 11.9. The van der Waals surface area contributed by atoms with Crippen molar-refractivity contribution < 1.29 is 4.79 Å². The first kappa shape index (κ1) is 10.2. The van der Waals surface area contributed by atoms with E-state index < -0.39 is 0 Å². The zero-order chi connectivity index (χ0) is 11.1. The Morgan fingerprint density at radius 1 is 1.40 bits per heavy atom. The van der Waals surface area contributed by atoms with E-state index in [1.54, 1.807) is 0 Å². The molecule has 0 radical (unpaired) electrons. The summed E-state index contributed by atoms with van der Waals surface area (Å²) in [5.74, 6) is 0.358. The van der Waals surface area contributed by atoms with Gasteiger partial charge < -0.3 is 5.73 Å². The molecule has 80 valence electrons. The number of Topliss-reactive ketones (excluding diaryl/α,β-unsaturated/α-hetero) is 1. The Labute approximate surface area is 90.5 Å². The molecule has 15 heavy (non-hydrogen) atoms. The van der Waals surface area contributed by atoms with E-state index in [1.165, 1.54) is 0 Å². The maximum Gasteiger partial charge on any atom is 0.143 e. The number of hydrogen-bond acceptors (Lipinski definition) is 2. The van der Waals surface area contributed by atoms with Gasteiger partial charge in [0, 0.05) is 12.1 Å². The molecule has 2 rings (SSSR count). The van der Waals surface area contributed by atoms with E-state index in [0.29, 0.717) is 12.2 Å². The van der Waals surface area contributed by atoms with Crippen LogP contribution in [0.25, 0.3) is 0 Å². The fraction of sp³-hybridized carbons (Fsp3) is 0.462. The molecule has 2 nitrogen and oxygen atoms in total. The number of hydrogen-bond donors (Lipinski definition) is 1. The summed E-state index contributed by atoms with van der Waals surface area (Å²) in [5, 5.41) is 0. The van der Waals surface area contributed by atoms with E-state index in [0.717, 1.165) is 29.7 Å².